The fourth-order valence-electron chi connectivity index (χ4n) is 4.27. The van der Waals surface area contributed by atoms with Crippen molar-refractivity contribution in [2.45, 2.75) is 12.5 Å². The molecule has 2 aliphatic rings. The largest absolute Gasteiger partial charge is 0.503 e. The Balaban J connectivity index is 1.58. The van der Waals surface area contributed by atoms with Gasteiger partial charge < -0.3 is 14.7 Å². The lowest BCUT2D eigenvalue weighted by Gasteiger charge is -2.30. The standard InChI is InChI=1S/C26H27ClN2O4/c27-21-10-5-4-9-20(21)24-23(22(30)12-11-19-7-2-1-3-8-19)25(31)26(32)29(24)14-6-13-28-15-17-33-18-16-28/h1-5,7-12,24,31H,6,13-18H2. The van der Waals surface area contributed by atoms with Crippen LogP contribution >= 0.6 is 11.6 Å². The van der Waals surface area contributed by atoms with Gasteiger partial charge in [0.05, 0.1) is 24.8 Å². The minimum absolute atomic E-state index is 0.0617. The zero-order chi connectivity index (χ0) is 23.2. The van der Waals surface area contributed by atoms with Crippen LogP contribution < -0.4 is 0 Å². The highest BCUT2D eigenvalue weighted by Gasteiger charge is 2.43. The third-order valence-electron chi connectivity index (χ3n) is 5.97. The quantitative estimate of drug-likeness (QED) is 0.594. The Kier molecular flexibility index (Phi) is 7.60. The number of rotatable bonds is 8. The van der Waals surface area contributed by atoms with Gasteiger partial charge in [-0.2, -0.15) is 0 Å². The van der Waals surface area contributed by atoms with Crippen molar-refractivity contribution in [1.29, 1.82) is 0 Å². The molecule has 1 atom stereocenters. The van der Waals surface area contributed by atoms with E-state index in [1.165, 1.54) is 6.08 Å². The molecule has 2 aliphatic heterocycles. The van der Waals surface area contributed by atoms with Crippen molar-refractivity contribution in [3.8, 4) is 0 Å². The van der Waals surface area contributed by atoms with E-state index in [1.54, 1.807) is 29.2 Å². The Bertz CT molecular complexity index is 1060. The minimum Gasteiger partial charge on any atom is -0.503 e. The highest BCUT2D eigenvalue weighted by Crippen LogP contribution is 2.40. The first-order chi connectivity index (χ1) is 16.1. The van der Waals surface area contributed by atoms with E-state index in [-0.39, 0.29) is 5.57 Å². The molecule has 2 aromatic carbocycles. The normalized spacial score (nSPS) is 19.6. The van der Waals surface area contributed by atoms with Crippen molar-refractivity contribution in [3.63, 3.8) is 0 Å². The fourth-order valence-corrected chi connectivity index (χ4v) is 4.51. The van der Waals surface area contributed by atoms with Crippen LogP contribution in [0.2, 0.25) is 5.02 Å². The van der Waals surface area contributed by atoms with Crippen LogP contribution in [0.5, 0.6) is 0 Å². The molecule has 2 aromatic rings. The third kappa shape index (κ3) is 5.36. The molecule has 33 heavy (non-hydrogen) atoms. The van der Waals surface area contributed by atoms with Gasteiger partial charge in [-0.05, 0) is 29.7 Å². The Morgan fingerprint density at radius 2 is 1.76 bits per heavy atom. The lowest BCUT2D eigenvalue weighted by Crippen LogP contribution is -2.39. The molecule has 1 fully saturated rings. The summed E-state index contributed by atoms with van der Waals surface area (Å²) in [5.41, 5.74) is 1.54. The maximum atomic E-state index is 13.2. The zero-order valence-corrected chi connectivity index (χ0v) is 19.1. The number of amides is 1. The summed E-state index contributed by atoms with van der Waals surface area (Å²) in [6.45, 7) is 4.34. The molecule has 0 aliphatic carbocycles. The summed E-state index contributed by atoms with van der Waals surface area (Å²) in [6, 6.07) is 15.8. The van der Waals surface area contributed by atoms with E-state index < -0.39 is 23.5 Å². The van der Waals surface area contributed by atoms with E-state index in [4.69, 9.17) is 16.3 Å². The number of hydrogen-bond donors (Lipinski definition) is 1. The molecule has 172 valence electrons. The number of aliphatic hydroxyl groups excluding tert-OH is 1. The average molecular weight is 467 g/mol. The van der Waals surface area contributed by atoms with E-state index >= 15 is 0 Å². The number of carbonyl (C=O) groups is 2. The summed E-state index contributed by atoms with van der Waals surface area (Å²) in [7, 11) is 0. The average Bonchev–Trinajstić information content (AvgIpc) is 3.09. The van der Waals surface area contributed by atoms with Gasteiger partial charge in [0.25, 0.3) is 5.91 Å². The molecule has 2 heterocycles. The molecule has 0 saturated carbocycles. The second-order valence-corrected chi connectivity index (χ2v) is 8.51. The Morgan fingerprint density at radius 1 is 1.06 bits per heavy atom. The molecule has 1 saturated heterocycles. The number of morpholine rings is 1. The Labute approximate surface area is 198 Å². The lowest BCUT2D eigenvalue weighted by atomic mass is 9.95. The van der Waals surface area contributed by atoms with Crippen molar-refractivity contribution >= 4 is 29.4 Å². The van der Waals surface area contributed by atoms with Crippen LogP contribution in [0.1, 0.15) is 23.6 Å². The highest BCUT2D eigenvalue weighted by molar-refractivity contribution is 6.31. The summed E-state index contributed by atoms with van der Waals surface area (Å²) in [5, 5.41) is 11.2. The number of hydrogen-bond acceptors (Lipinski definition) is 5. The van der Waals surface area contributed by atoms with Crippen molar-refractivity contribution in [2.24, 2.45) is 0 Å². The van der Waals surface area contributed by atoms with E-state index in [9.17, 15) is 14.7 Å². The van der Waals surface area contributed by atoms with Gasteiger partial charge in [-0.1, -0.05) is 66.2 Å². The van der Waals surface area contributed by atoms with Crippen LogP contribution in [0, 0.1) is 0 Å². The number of halogens is 1. The van der Waals surface area contributed by atoms with Crippen LogP contribution in [0.15, 0.2) is 72.0 Å². The number of nitrogens with zero attached hydrogens (tertiary/aromatic N) is 2. The summed E-state index contributed by atoms with van der Waals surface area (Å²) in [5.74, 6) is -1.46. The van der Waals surface area contributed by atoms with Crippen molar-refractivity contribution in [1.82, 2.24) is 9.80 Å². The van der Waals surface area contributed by atoms with Gasteiger partial charge in [0.1, 0.15) is 0 Å². The summed E-state index contributed by atoms with van der Waals surface area (Å²) in [6.07, 6.45) is 3.79. The molecule has 1 unspecified atom stereocenters. The van der Waals surface area contributed by atoms with Crippen molar-refractivity contribution < 1.29 is 19.4 Å². The molecule has 6 nitrogen and oxygen atoms in total. The number of allylic oxidation sites excluding steroid dienone is 1. The number of ketones is 1. The van der Waals surface area contributed by atoms with Gasteiger partial charge in [-0.15, -0.1) is 0 Å². The van der Waals surface area contributed by atoms with Gasteiger partial charge in [0.15, 0.2) is 11.5 Å². The summed E-state index contributed by atoms with van der Waals surface area (Å²) < 4.78 is 5.39. The van der Waals surface area contributed by atoms with E-state index in [0.717, 1.165) is 25.2 Å². The highest BCUT2D eigenvalue weighted by atomic mass is 35.5. The van der Waals surface area contributed by atoms with Crippen LogP contribution in [0.3, 0.4) is 0 Å². The molecular weight excluding hydrogens is 440 g/mol. The maximum Gasteiger partial charge on any atom is 0.290 e. The molecule has 0 aromatic heterocycles. The van der Waals surface area contributed by atoms with Gasteiger partial charge in [0, 0.05) is 31.2 Å². The first kappa shape index (κ1) is 23.2. The predicted octanol–water partition coefficient (Wildman–Crippen LogP) is 4.04. The van der Waals surface area contributed by atoms with E-state index in [1.807, 2.05) is 36.4 Å². The third-order valence-corrected chi connectivity index (χ3v) is 6.32. The van der Waals surface area contributed by atoms with Gasteiger partial charge in [0.2, 0.25) is 0 Å². The number of carbonyl (C=O) groups excluding carboxylic acids is 2. The molecule has 4 rings (SSSR count). The fraction of sp³-hybridized carbons (Fsp3) is 0.308. The maximum absolute atomic E-state index is 13.2. The zero-order valence-electron chi connectivity index (χ0n) is 18.3. The molecule has 0 bridgehead atoms. The van der Waals surface area contributed by atoms with Crippen LogP contribution in [0.4, 0.5) is 0 Å². The van der Waals surface area contributed by atoms with Crippen LogP contribution in [-0.2, 0) is 14.3 Å². The van der Waals surface area contributed by atoms with Gasteiger partial charge in [-0.3, -0.25) is 14.5 Å². The monoisotopic (exact) mass is 466 g/mol. The summed E-state index contributed by atoms with van der Waals surface area (Å²) in [4.78, 5) is 30.1. The van der Waals surface area contributed by atoms with Gasteiger partial charge >= 0.3 is 0 Å². The number of ether oxygens (including phenoxy) is 1. The first-order valence-electron chi connectivity index (χ1n) is 11.1. The number of aliphatic hydroxyl groups is 1. The summed E-state index contributed by atoms with van der Waals surface area (Å²) >= 11 is 6.47. The second kappa shape index (κ2) is 10.8. The minimum atomic E-state index is -0.733. The number of benzene rings is 2. The molecule has 0 spiro atoms. The Hall–Kier alpha value is -2.93. The molecular formula is C26H27ClN2O4. The lowest BCUT2D eigenvalue weighted by molar-refractivity contribution is -0.129. The SMILES string of the molecule is O=C(C=Cc1ccccc1)C1=C(O)C(=O)N(CCCN2CCOCC2)C1c1ccccc1Cl. The predicted molar refractivity (Wildman–Crippen MR) is 128 cm³/mol. The topological polar surface area (TPSA) is 70.1 Å². The van der Waals surface area contributed by atoms with E-state index in [0.29, 0.717) is 36.8 Å². The molecule has 7 heteroatoms. The first-order valence-corrected chi connectivity index (χ1v) is 11.5. The van der Waals surface area contributed by atoms with Crippen LogP contribution in [-0.4, -0.2) is 66.0 Å². The molecule has 1 N–H and O–H groups in total. The van der Waals surface area contributed by atoms with Gasteiger partial charge in [-0.25, -0.2) is 0 Å². The van der Waals surface area contributed by atoms with Crippen molar-refractivity contribution in [3.05, 3.63) is 88.2 Å². The Morgan fingerprint density at radius 3 is 2.48 bits per heavy atom. The van der Waals surface area contributed by atoms with Crippen LogP contribution in [0.25, 0.3) is 6.08 Å². The molecule has 1 amide bonds. The van der Waals surface area contributed by atoms with E-state index in [2.05, 4.69) is 4.90 Å². The second-order valence-electron chi connectivity index (χ2n) is 8.10. The smallest absolute Gasteiger partial charge is 0.290 e. The molecule has 0 radical (unpaired) electrons. The van der Waals surface area contributed by atoms with Crippen molar-refractivity contribution in [2.75, 3.05) is 39.4 Å².